The van der Waals surface area contributed by atoms with E-state index in [1.54, 1.807) is 18.2 Å². The van der Waals surface area contributed by atoms with Gasteiger partial charge < -0.3 is 5.11 Å². The molecular formula is C13H11NO4S2. The van der Waals surface area contributed by atoms with Gasteiger partial charge in [0, 0.05) is 16.9 Å². The lowest BCUT2D eigenvalue weighted by molar-refractivity contribution is 0.0697. The third-order valence-corrected chi connectivity index (χ3v) is 6.02. The number of carbonyl (C=O) groups is 1. The zero-order valence-electron chi connectivity index (χ0n) is 10.4. The van der Waals surface area contributed by atoms with Gasteiger partial charge in [-0.25, -0.2) is 18.2 Å². The van der Waals surface area contributed by atoms with Crippen LogP contribution in [-0.2, 0) is 22.0 Å². The fourth-order valence-corrected chi connectivity index (χ4v) is 5.01. The van der Waals surface area contributed by atoms with E-state index in [-0.39, 0.29) is 17.1 Å². The van der Waals surface area contributed by atoms with E-state index in [0.717, 1.165) is 10.6 Å². The number of hydrogen-bond acceptors (Lipinski definition) is 5. The quantitative estimate of drug-likeness (QED) is 0.917. The number of fused-ring (bicyclic) bond motifs is 1. The molecule has 0 amide bonds. The van der Waals surface area contributed by atoms with Gasteiger partial charge >= 0.3 is 5.97 Å². The van der Waals surface area contributed by atoms with E-state index >= 15 is 0 Å². The molecule has 104 valence electrons. The molecule has 20 heavy (non-hydrogen) atoms. The Morgan fingerprint density at radius 2 is 2.15 bits per heavy atom. The molecule has 0 bridgehead atoms. The lowest BCUT2D eigenvalue weighted by Crippen LogP contribution is -2.17. The Morgan fingerprint density at radius 1 is 1.35 bits per heavy atom. The van der Waals surface area contributed by atoms with Crippen molar-refractivity contribution in [1.29, 1.82) is 0 Å². The fourth-order valence-electron chi connectivity index (χ4n) is 2.12. The second kappa shape index (κ2) is 4.68. The van der Waals surface area contributed by atoms with E-state index in [1.165, 1.54) is 17.4 Å². The van der Waals surface area contributed by atoms with Crippen LogP contribution in [0.25, 0.3) is 10.6 Å². The largest absolute Gasteiger partial charge is 0.478 e. The molecule has 1 N–H and O–H groups in total. The van der Waals surface area contributed by atoms with Crippen molar-refractivity contribution in [3.05, 3.63) is 40.4 Å². The van der Waals surface area contributed by atoms with Gasteiger partial charge in [-0.15, -0.1) is 11.3 Å². The number of aryl methyl sites for hydroxylation is 1. The van der Waals surface area contributed by atoms with Gasteiger partial charge in [0.15, 0.2) is 9.84 Å². The van der Waals surface area contributed by atoms with Gasteiger partial charge in [-0.3, -0.25) is 0 Å². The molecule has 0 saturated heterocycles. The maximum absolute atomic E-state index is 11.6. The van der Waals surface area contributed by atoms with Crippen molar-refractivity contribution < 1.29 is 18.3 Å². The summed E-state index contributed by atoms with van der Waals surface area (Å²) in [6, 6.07) is 6.52. The number of nitrogens with zero attached hydrogens (tertiary/aromatic N) is 1. The van der Waals surface area contributed by atoms with Gasteiger partial charge in [0.25, 0.3) is 0 Å². The molecule has 7 heteroatoms. The summed E-state index contributed by atoms with van der Waals surface area (Å²) < 4.78 is 23.2. The number of carboxylic acid groups (broad SMARTS) is 1. The van der Waals surface area contributed by atoms with Gasteiger partial charge in [0.2, 0.25) is 0 Å². The van der Waals surface area contributed by atoms with Crippen LogP contribution in [0.4, 0.5) is 0 Å². The topological polar surface area (TPSA) is 84.3 Å². The molecular weight excluding hydrogens is 298 g/mol. The first kappa shape index (κ1) is 13.3. The fraction of sp³-hybridized carbons (Fsp3) is 0.231. The van der Waals surface area contributed by atoms with Crippen LogP contribution in [0.5, 0.6) is 0 Å². The number of sulfone groups is 1. The number of rotatable bonds is 2. The Bertz CT molecular complexity index is 792. The van der Waals surface area contributed by atoms with Crippen LogP contribution in [0.2, 0.25) is 0 Å². The lowest BCUT2D eigenvalue weighted by Gasteiger charge is -2.09. The first-order chi connectivity index (χ1) is 9.44. The SMILES string of the molecule is O=C(O)c1cccc(-c2nc3c(s2)CS(=O)(=O)CC3)c1. The third kappa shape index (κ3) is 2.46. The van der Waals surface area contributed by atoms with Crippen molar-refractivity contribution in [2.45, 2.75) is 12.2 Å². The Labute approximate surface area is 119 Å². The first-order valence-corrected chi connectivity index (χ1v) is 8.61. The molecule has 1 aliphatic heterocycles. The van der Waals surface area contributed by atoms with Crippen LogP contribution in [0.1, 0.15) is 20.9 Å². The highest BCUT2D eigenvalue weighted by molar-refractivity contribution is 7.90. The summed E-state index contributed by atoms with van der Waals surface area (Å²) >= 11 is 1.33. The zero-order valence-corrected chi connectivity index (χ0v) is 12.0. The van der Waals surface area contributed by atoms with E-state index in [1.807, 2.05) is 0 Å². The summed E-state index contributed by atoms with van der Waals surface area (Å²) in [6.07, 6.45) is 0.437. The van der Waals surface area contributed by atoms with Crippen molar-refractivity contribution >= 4 is 27.1 Å². The predicted octanol–water partition coefficient (Wildman–Crippen LogP) is 1.98. The van der Waals surface area contributed by atoms with E-state index in [4.69, 9.17) is 5.11 Å². The minimum Gasteiger partial charge on any atom is -0.478 e. The number of aromatic nitrogens is 1. The maximum atomic E-state index is 11.6. The van der Waals surface area contributed by atoms with Gasteiger partial charge in [0.05, 0.1) is 22.8 Å². The van der Waals surface area contributed by atoms with E-state index < -0.39 is 15.8 Å². The molecule has 2 heterocycles. The minimum atomic E-state index is -3.01. The number of benzene rings is 1. The Hall–Kier alpha value is -1.73. The van der Waals surface area contributed by atoms with E-state index in [2.05, 4.69) is 4.98 Å². The van der Waals surface area contributed by atoms with Crippen molar-refractivity contribution in [3.63, 3.8) is 0 Å². The van der Waals surface area contributed by atoms with Gasteiger partial charge in [0.1, 0.15) is 5.01 Å². The molecule has 0 atom stereocenters. The first-order valence-electron chi connectivity index (χ1n) is 5.97. The summed E-state index contributed by atoms with van der Waals surface area (Å²) in [6.45, 7) is 0. The van der Waals surface area contributed by atoms with Gasteiger partial charge in [-0.2, -0.15) is 0 Å². The molecule has 1 aliphatic rings. The van der Waals surface area contributed by atoms with Crippen LogP contribution in [-0.4, -0.2) is 30.2 Å². The van der Waals surface area contributed by atoms with Crippen LogP contribution >= 0.6 is 11.3 Å². The average Bonchev–Trinajstić information content (AvgIpc) is 2.80. The standard InChI is InChI=1S/C13H11NO4S2/c15-13(16)9-3-1-2-8(6-9)12-14-10-4-5-20(17,18)7-11(10)19-12/h1-3,6H,4-5,7H2,(H,15,16). The maximum Gasteiger partial charge on any atom is 0.335 e. The molecule has 3 rings (SSSR count). The van der Waals surface area contributed by atoms with Crippen LogP contribution in [0, 0.1) is 0 Å². The Morgan fingerprint density at radius 3 is 2.90 bits per heavy atom. The highest BCUT2D eigenvalue weighted by Crippen LogP contribution is 2.32. The molecule has 0 saturated carbocycles. The van der Waals surface area contributed by atoms with Crippen molar-refractivity contribution in [2.75, 3.05) is 5.75 Å². The zero-order chi connectivity index (χ0) is 14.3. The van der Waals surface area contributed by atoms with E-state index in [0.29, 0.717) is 17.0 Å². The highest BCUT2D eigenvalue weighted by atomic mass is 32.2. The molecule has 1 aromatic heterocycles. The lowest BCUT2D eigenvalue weighted by atomic mass is 10.1. The third-order valence-electron chi connectivity index (χ3n) is 3.14. The summed E-state index contributed by atoms with van der Waals surface area (Å²) in [5.41, 5.74) is 1.73. The summed E-state index contributed by atoms with van der Waals surface area (Å²) in [5.74, 6) is -0.813. The molecule has 0 radical (unpaired) electrons. The predicted molar refractivity (Wildman–Crippen MR) is 75.7 cm³/mol. The van der Waals surface area contributed by atoms with E-state index in [9.17, 15) is 13.2 Å². The summed E-state index contributed by atoms with van der Waals surface area (Å²) in [5, 5.41) is 9.67. The number of hydrogen-bond donors (Lipinski definition) is 1. The summed E-state index contributed by atoms with van der Waals surface area (Å²) in [4.78, 5) is 16.2. The van der Waals surface area contributed by atoms with Gasteiger partial charge in [-0.1, -0.05) is 12.1 Å². The van der Waals surface area contributed by atoms with Crippen molar-refractivity contribution in [1.82, 2.24) is 4.98 Å². The molecule has 0 spiro atoms. The smallest absolute Gasteiger partial charge is 0.335 e. The molecule has 2 aromatic rings. The number of carboxylic acids is 1. The average molecular weight is 309 g/mol. The second-order valence-electron chi connectivity index (χ2n) is 4.62. The normalized spacial score (nSPS) is 16.6. The molecule has 0 fully saturated rings. The van der Waals surface area contributed by atoms with Crippen molar-refractivity contribution in [2.24, 2.45) is 0 Å². The number of thiazole rings is 1. The molecule has 0 unspecified atom stereocenters. The molecule has 1 aromatic carbocycles. The highest BCUT2D eigenvalue weighted by Gasteiger charge is 2.25. The molecule has 0 aliphatic carbocycles. The Kier molecular flexibility index (Phi) is 3.10. The van der Waals surface area contributed by atoms with Crippen LogP contribution in [0.15, 0.2) is 24.3 Å². The molecule has 5 nitrogen and oxygen atoms in total. The van der Waals surface area contributed by atoms with Crippen LogP contribution in [0.3, 0.4) is 0 Å². The van der Waals surface area contributed by atoms with Crippen molar-refractivity contribution in [3.8, 4) is 10.6 Å². The summed E-state index contributed by atoms with van der Waals surface area (Å²) in [7, 11) is -3.01. The Balaban J connectivity index is 2.02. The minimum absolute atomic E-state index is 0.0403. The number of aromatic carboxylic acids is 1. The second-order valence-corrected chi connectivity index (χ2v) is 7.88. The monoisotopic (exact) mass is 309 g/mol. The van der Waals surface area contributed by atoms with Crippen LogP contribution < -0.4 is 0 Å². The van der Waals surface area contributed by atoms with Gasteiger partial charge in [-0.05, 0) is 12.1 Å².